The second kappa shape index (κ2) is 22.2. The predicted molar refractivity (Wildman–Crippen MR) is 351 cm³/mol. The van der Waals surface area contributed by atoms with Gasteiger partial charge in [0.25, 0.3) is 0 Å². The van der Waals surface area contributed by atoms with E-state index in [1.807, 2.05) is 42.5 Å². The van der Waals surface area contributed by atoms with Gasteiger partial charge in [-0.1, -0.05) is 231 Å². The van der Waals surface area contributed by atoms with Gasteiger partial charge in [0, 0.05) is 66.9 Å². The van der Waals surface area contributed by atoms with E-state index < -0.39 is 18.3 Å². The number of fused-ring (bicyclic) bond motifs is 6. The van der Waals surface area contributed by atoms with Crippen LogP contribution in [0.2, 0.25) is 0 Å². The first-order valence-electron chi connectivity index (χ1n) is 28.9. The zero-order chi connectivity index (χ0) is 57.5. The molecule has 0 spiro atoms. The highest BCUT2D eigenvalue weighted by Gasteiger charge is 2.52. The molecule has 1 aliphatic rings. The molecule has 0 amide bonds. The van der Waals surface area contributed by atoms with E-state index in [2.05, 4.69) is 262 Å². The average molecular weight is 1100 g/mol. The van der Waals surface area contributed by atoms with Crippen molar-refractivity contribution in [1.29, 1.82) is 0 Å². The molecule has 0 aliphatic carbocycles. The first-order valence-corrected chi connectivity index (χ1v) is 28.9. The third kappa shape index (κ3) is 10.0. The Labute approximate surface area is 495 Å². The lowest BCUT2D eigenvalue weighted by atomic mass is 9.76. The Morgan fingerprint density at radius 1 is 0.294 bits per heavy atom. The summed E-state index contributed by atoms with van der Waals surface area (Å²) in [6, 6.07) is 92.8. The molecule has 0 saturated carbocycles. The maximum atomic E-state index is 6.47. The average Bonchev–Trinajstić information content (AvgIpc) is 1.95. The van der Waals surface area contributed by atoms with Gasteiger partial charge in [-0.15, -0.1) is 0 Å². The van der Waals surface area contributed by atoms with Crippen LogP contribution in [-0.4, -0.2) is 43.2 Å². The van der Waals surface area contributed by atoms with E-state index in [0.29, 0.717) is 0 Å². The second-order valence-corrected chi connectivity index (χ2v) is 22.5. The van der Waals surface area contributed by atoms with Crippen LogP contribution in [0.5, 0.6) is 0 Å². The van der Waals surface area contributed by atoms with Crippen LogP contribution in [0.1, 0.15) is 27.7 Å². The molecule has 7 nitrogen and oxygen atoms in total. The van der Waals surface area contributed by atoms with Crippen molar-refractivity contribution < 1.29 is 9.31 Å². The third-order valence-electron chi connectivity index (χ3n) is 16.7. The predicted octanol–water partition coefficient (Wildman–Crippen LogP) is 18.6. The van der Waals surface area contributed by atoms with Crippen molar-refractivity contribution in [3.8, 4) is 89.8 Å². The van der Waals surface area contributed by atoms with E-state index >= 15 is 0 Å². The molecule has 8 heteroatoms. The summed E-state index contributed by atoms with van der Waals surface area (Å²) < 4.78 is 12.9. The van der Waals surface area contributed by atoms with Crippen LogP contribution in [0.3, 0.4) is 0 Å². The lowest BCUT2D eigenvalue weighted by molar-refractivity contribution is 0.00578. The molecule has 14 aromatic rings. The molecule has 15 rings (SSSR count). The molecule has 0 unspecified atom stereocenters. The van der Waals surface area contributed by atoms with Gasteiger partial charge in [0.05, 0.1) is 56.4 Å². The number of benzene rings is 9. The van der Waals surface area contributed by atoms with Gasteiger partial charge in [0.1, 0.15) is 0 Å². The molecule has 1 saturated heterocycles. The lowest BCUT2D eigenvalue weighted by Gasteiger charge is -2.32. The molecule has 1 aliphatic heterocycles. The van der Waals surface area contributed by atoms with Crippen molar-refractivity contribution in [1.82, 2.24) is 24.9 Å². The van der Waals surface area contributed by atoms with Crippen LogP contribution in [0.4, 0.5) is 0 Å². The number of hydrogen-bond donors (Lipinski definition) is 0. The molecule has 0 N–H and O–H groups in total. The van der Waals surface area contributed by atoms with Crippen LogP contribution in [0, 0.1) is 0 Å². The SMILES string of the molecule is CC1(C)OB(c2cccc3c2nc(-c2ccccc2)c2cccc(-c4ccccc4)c23)OC1(C)C.c1ccc(-c2nc3c(-c4ccc(-c5cc(-c6ccccn6)nc(-c6ccccn6)c5)cc4)cccc3c3c(-c4ccccc4)cccc23)cc1. The lowest BCUT2D eigenvalue weighted by Crippen LogP contribution is -2.41. The molecule has 0 radical (unpaired) electrons. The summed E-state index contributed by atoms with van der Waals surface area (Å²) in [6.07, 6.45) is 3.60. The molecule has 406 valence electrons. The van der Waals surface area contributed by atoms with Gasteiger partial charge in [-0.3, -0.25) is 9.97 Å². The maximum Gasteiger partial charge on any atom is 0.497 e. The van der Waals surface area contributed by atoms with Gasteiger partial charge in [0.2, 0.25) is 0 Å². The summed E-state index contributed by atoms with van der Waals surface area (Å²) in [4.78, 5) is 24.8. The van der Waals surface area contributed by atoms with Crippen LogP contribution >= 0.6 is 0 Å². The van der Waals surface area contributed by atoms with Crippen molar-refractivity contribution in [2.24, 2.45) is 0 Å². The fourth-order valence-electron chi connectivity index (χ4n) is 11.7. The smallest absolute Gasteiger partial charge is 0.399 e. The van der Waals surface area contributed by atoms with Crippen molar-refractivity contribution in [2.45, 2.75) is 38.9 Å². The van der Waals surface area contributed by atoms with Crippen LogP contribution < -0.4 is 5.46 Å². The molecule has 5 aromatic heterocycles. The monoisotopic (exact) mass is 1100 g/mol. The highest BCUT2D eigenvalue weighted by molar-refractivity contribution is 6.65. The summed E-state index contributed by atoms with van der Waals surface area (Å²) in [6.45, 7) is 8.35. The molecule has 6 heterocycles. The third-order valence-corrected chi connectivity index (χ3v) is 16.7. The van der Waals surface area contributed by atoms with Gasteiger partial charge < -0.3 is 9.31 Å². The number of para-hydroxylation sites is 2. The van der Waals surface area contributed by atoms with Crippen molar-refractivity contribution >= 4 is 55.9 Å². The van der Waals surface area contributed by atoms with Crippen LogP contribution in [-0.2, 0) is 9.31 Å². The minimum atomic E-state index is -0.485. The Bertz CT molecular complexity index is 4670. The number of aromatic nitrogens is 5. The summed E-state index contributed by atoms with van der Waals surface area (Å²) in [7, 11) is -0.485. The summed E-state index contributed by atoms with van der Waals surface area (Å²) in [5, 5.41) is 6.92. The Morgan fingerprint density at radius 3 is 1.15 bits per heavy atom. The fraction of sp³-hybridized carbons (Fsp3) is 0.0779. The first-order chi connectivity index (χ1) is 41.7. The van der Waals surface area contributed by atoms with E-state index in [1.54, 1.807) is 12.4 Å². The molecule has 1 fully saturated rings. The fourth-order valence-corrected chi connectivity index (χ4v) is 11.7. The van der Waals surface area contributed by atoms with Crippen molar-refractivity contribution in [3.05, 3.63) is 279 Å². The molecule has 0 atom stereocenters. The van der Waals surface area contributed by atoms with E-state index in [-0.39, 0.29) is 0 Å². The van der Waals surface area contributed by atoms with Crippen LogP contribution in [0.15, 0.2) is 279 Å². The Balaban J connectivity index is 0.000000161. The molecule has 0 bridgehead atoms. The largest absolute Gasteiger partial charge is 0.497 e. The minimum absolute atomic E-state index is 0.422. The van der Waals surface area contributed by atoms with E-state index in [0.717, 1.165) is 106 Å². The zero-order valence-electron chi connectivity index (χ0n) is 47.7. The van der Waals surface area contributed by atoms with E-state index in [1.165, 1.54) is 33.0 Å². The van der Waals surface area contributed by atoms with Crippen LogP contribution in [0.25, 0.3) is 133 Å². The van der Waals surface area contributed by atoms with Gasteiger partial charge in [-0.2, -0.15) is 0 Å². The first kappa shape index (κ1) is 52.8. The Hall–Kier alpha value is -10.2. The molecule has 85 heavy (non-hydrogen) atoms. The van der Waals surface area contributed by atoms with Gasteiger partial charge >= 0.3 is 7.12 Å². The number of pyridine rings is 5. The molecular formula is C77H58BN5O2. The van der Waals surface area contributed by atoms with Crippen molar-refractivity contribution in [3.63, 3.8) is 0 Å². The number of nitrogens with zero attached hydrogens (tertiary/aromatic N) is 5. The maximum absolute atomic E-state index is 6.47. The number of hydrogen-bond acceptors (Lipinski definition) is 7. The highest BCUT2D eigenvalue weighted by Crippen LogP contribution is 2.44. The Kier molecular flexibility index (Phi) is 13.8. The normalized spacial score (nSPS) is 13.5. The van der Waals surface area contributed by atoms with Gasteiger partial charge in [-0.05, 0) is 103 Å². The molecule has 9 aromatic carbocycles. The minimum Gasteiger partial charge on any atom is -0.399 e. The summed E-state index contributed by atoms with van der Waals surface area (Å²) in [5.41, 5.74) is 18.5. The number of rotatable bonds is 9. The van der Waals surface area contributed by atoms with E-state index in [4.69, 9.17) is 24.3 Å². The standard InChI is InChI=1S/C46H30N4.C31H28BNO2/c1-3-13-32(14-4-1)36-17-11-19-38-44(36)39-20-12-18-37(46(39)50-45(38)34-15-5-2-6-16-34)33-25-23-31(24-26-33)35-29-42(40-21-7-9-27-47-40)49-43(30-35)41-22-8-10-28-48-41;1-30(2)31(3,4)35-32(34-30)26-20-12-19-25-27-23(21-13-7-5-8-14-21)17-11-18-24(27)28(33-29(25)26)22-15-9-6-10-16-22/h1-30H;5-20H,1-4H3. The summed E-state index contributed by atoms with van der Waals surface area (Å²) in [5.74, 6) is 0. The van der Waals surface area contributed by atoms with E-state index in [9.17, 15) is 0 Å². The van der Waals surface area contributed by atoms with Gasteiger partial charge in [0.15, 0.2) is 0 Å². The summed E-state index contributed by atoms with van der Waals surface area (Å²) >= 11 is 0. The Morgan fingerprint density at radius 2 is 0.682 bits per heavy atom. The van der Waals surface area contributed by atoms with Crippen molar-refractivity contribution in [2.75, 3.05) is 0 Å². The highest BCUT2D eigenvalue weighted by atomic mass is 16.7. The molecular weight excluding hydrogens is 1040 g/mol. The zero-order valence-corrected chi connectivity index (χ0v) is 47.7. The van der Waals surface area contributed by atoms with Gasteiger partial charge in [-0.25, -0.2) is 15.0 Å². The topological polar surface area (TPSA) is 82.9 Å². The quantitative estimate of drug-likeness (QED) is 0.105. The second-order valence-electron chi connectivity index (χ2n) is 22.5.